The van der Waals surface area contributed by atoms with Crippen molar-refractivity contribution in [3.63, 3.8) is 0 Å². The highest BCUT2D eigenvalue weighted by Crippen LogP contribution is 2.51. The second-order valence-corrected chi connectivity index (χ2v) is 10.3. The fourth-order valence-corrected chi connectivity index (χ4v) is 5.74. The minimum absolute atomic E-state index is 0.0601. The normalized spacial score (nSPS) is 30.1. The standard InChI is InChI=1S/C27H37ClNO4/c1-6-26(31)29(16-21-9-7-8-10-24(21)28)15-18(3)22-12-11-19(4)27(32)14-25(33-20(5)30)17(2)13-23(22)27/h7-10,13-14,18-19,22-23,25,32H,6,11-12,15-16H2,1-5H3/t18?,19-,22+,23-,25-,27-/m1/s1. The third-order valence-corrected chi connectivity index (χ3v) is 7.90. The highest BCUT2D eigenvalue weighted by atomic mass is 35.5. The average Bonchev–Trinajstić information content (AvgIpc) is 2.76. The molecule has 5 nitrogen and oxygen atoms in total. The molecule has 3 rings (SSSR count). The van der Waals surface area contributed by atoms with Gasteiger partial charge in [-0.05, 0) is 54.7 Å². The molecular weight excluding hydrogens is 438 g/mol. The molecule has 0 aromatic heterocycles. The van der Waals surface area contributed by atoms with Gasteiger partial charge in [-0.2, -0.15) is 0 Å². The maximum absolute atomic E-state index is 12.8. The van der Waals surface area contributed by atoms with Crippen LogP contribution in [0.2, 0.25) is 5.02 Å². The van der Waals surface area contributed by atoms with Crippen molar-refractivity contribution in [2.45, 2.75) is 72.1 Å². The third kappa shape index (κ3) is 5.63. The summed E-state index contributed by atoms with van der Waals surface area (Å²) in [5, 5.41) is 12.4. The average molecular weight is 475 g/mol. The van der Waals surface area contributed by atoms with Crippen molar-refractivity contribution in [2.75, 3.05) is 6.54 Å². The van der Waals surface area contributed by atoms with Crippen LogP contribution in [0.1, 0.15) is 59.4 Å². The van der Waals surface area contributed by atoms with Gasteiger partial charge in [0.25, 0.3) is 0 Å². The summed E-state index contributed by atoms with van der Waals surface area (Å²) in [7, 11) is 0. The Bertz CT molecular complexity index is 900. The Morgan fingerprint density at radius 1 is 1.30 bits per heavy atom. The molecule has 2 aliphatic carbocycles. The first-order chi connectivity index (χ1) is 15.6. The van der Waals surface area contributed by atoms with Crippen LogP contribution in [-0.4, -0.2) is 40.1 Å². The van der Waals surface area contributed by atoms with Crippen LogP contribution in [0.5, 0.6) is 0 Å². The molecule has 1 fully saturated rings. The number of fused-ring (bicyclic) bond motifs is 1. The van der Waals surface area contributed by atoms with Crippen LogP contribution in [0, 0.1) is 30.1 Å². The molecule has 0 bridgehead atoms. The number of nitrogens with zero attached hydrogens (tertiary/aromatic N) is 1. The fraction of sp³-hybridized carbons (Fsp3) is 0.593. The Labute approximate surface area is 203 Å². The summed E-state index contributed by atoms with van der Waals surface area (Å²) in [6.07, 6.45) is 5.72. The number of hydrogen-bond acceptors (Lipinski definition) is 4. The number of halogens is 1. The van der Waals surface area contributed by atoms with E-state index in [2.05, 4.69) is 19.9 Å². The maximum Gasteiger partial charge on any atom is 0.303 e. The van der Waals surface area contributed by atoms with E-state index in [-0.39, 0.29) is 35.5 Å². The van der Waals surface area contributed by atoms with Crippen LogP contribution in [0.4, 0.5) is 0 Å². The summed E-state index contributed by atoms with van der Waals surface area (Å²) < 4.78 is 5.46. The van der Waals surface area contributed by atoms with Crippen molar-refractivity contribution in [1.82, 2.24) is 4.90 Å². The summed E-state index contributed by atoms with van der Waals surface area (Å²) in [6.45, 7) is 10.5. The number of hydrogen-bond donors (Lipinski definition) is 1. The smallest absolute Gasteiger partial charge is 0.303 e. The van der Waals surface area contributed by atoms with Crippen LogP contribution >= 0.6 is 11.6 Å². The van der Waals surface area contributed by atoms with E-state index < -0.39 is 11.7 Å². The Hall–Kier alpha value is -1.85. The largest absolute Gasteiger partial charge is 0.458 e. The molecule has 1 aromatic carbocycles. The van der Waals surface area contributed by atoms with E-state index in [4.69, 9.17) is 16.3 Å². The van der Waals surface area contributed by atoms with Gasteiger partial charge in [0.15, 0.2) is 0 Å². The van der Waals surface area contributed by atoms with Gasteiger partial charge in [0.2, 0.25) is 5.91 Å². The lowest BCUT2D eigenvalue weighted by Gasteiger charge is -2.53. The monoisotopic (exact) mass is 474 g/mol. The van der Waals surface area contributed by atoms with Crippen LogP contribution in [-0.2, 0) is 20.9 Å². The van der Waals surface area contributed by atoms with Crippen molar-refractivity contribution in [3.05, 3.63) is 52.9 Å². The predicted octanol–water partition coefficient (Wildman–Crippen LogP) is 5.20. The molecule has 181 valence electrons. The van der Waals surface area contributed by atoms with Gasteiger partial charge in [-0.1, -0.05) is 56.6 Å². The number of carbonyl (C=O) groups excluding carboxylic acids is 2. The molecule has 6 heteroatoms. The highest BCUT2D eigenvalue weighted by Gasteiger charge is 2.53. The van der Waals surface area contributed by atoms with Crippen molar-refractivity contribution >= 4 is 23.5 Å². The molecular formula is C27H37ClNO4. The molecule has 1 unspecified atom stereocenters. The second kappa shape index (κ2) is 10.6. The van der Waals surface area contributed by atoms with Crippen LogP contribution < -0.4 is 0 Å². The number of rotatable bonds is 7. The molecule has 0 spiro atoms. The van der Waals surface area contributed by atoms with Gasteiger partial charge in [0, 0.05) is 43.8 Å². The molecule has 1 saturated carbocycles. The van der Waals surface area contributed by atoms with Crippen molar-refractivity contribution in [1.29, 1.82) is 0 Å². The summed E-state index contributed by atoms with van der Waals surface area (Å²) in [4.78, 5) is 26.3. The third-order valence-electron chi connectivity index (χ3n) is 7.53. The molecule has 0 heterocycles. The van der Waals surface area contributed by atoms with Gasteiger partial charge in [-0.15, -0.1) is 0 Å². The first kappa shape index (κ1) is 25.8. The minimum atomic E-state index is -1.04. The van der Waals surface area contributed by atoms with Crippen molar-refractivity contribution in [2.24, 2.45) is 23.7 Å². The Kier molecular flexibility index (Phi) is 8.28. The number of carbonyl (C=O) groups is 2. The second-order valence-electron chi connectivity index (χ2n) is 9.86. The predicted molar refractivity (Wildman–Crippen MR) is 130 cm³/mol. The zero-order valence-electron chi connectivity index (χ0n) is 20.4. The number of amides is 1. The van der Waals surface area contributed by atoms with Gasteiger partial charge in [-0.25, -0.2) is 0 Å². The number of aliphatic hydroxyl groups is 1. The Balaban J connectivity index is 1.83. The van der Waals surface area contributed by atoms with Crippen molar-refractivity contribution in [3.8, 4) is 0 Å². The van der Waals surface area contributed by atoms with E-state index in [1.165, 1.54) is 6.92 Å². The lowest BCUT2D eigenvalue weighted by Crippen LogP contribution is -2.56. The van der Waals surface area contributed by atoms with E-state index in [1.54, 1.807) is 0 Å². The van der Waals surface area contributed by atoms with E-state index in [0.717, 1.165) is 24.0 Å². The molecule has 0 saturated heterocycles. The summed E-state index contributed by atoms with van der Waals surface area (Å²) in [5.74, 6) is 0.0985. The summed E-state index contributed by atoms with van der Waals surface area (Å²) in [6, 6.07) is 7.64. The lowest BCUT2D eigenvalue weighted by molar-refractivity contribution is -0.148. The zero-order chi connectivity index (χ0) is 24.3. The first-order valence-electron chi connectivity index (χ1n) is 12.0. The minimum Gasteiger partial charge on any atom is -0.458 e. The quantitative estimate of drug-likeness (QED) is 0.435. The van der Waals surface area contributed by atoms with Crippen LogP contribution in [0.3, 0.4) is 0 Å². The van der Waals surface area contributed by atoms with E-state index in [1.807, 2.05) is 49.4 Å². The van der Waals surface area contributed by atoms with E-state index >= 15 is 0 Å². The molecule has 1 aromatic rings. The van der Waals surface area contributed by atoms with Gasteiger partial charge >= 0.3 is 5.97 Å². The number of benzene rings is 1. The molecule has 1 N–H and O–H groups in total. The maximum atomic E-state index is 12.8. The molecule has 2 aliphatic rings. The Morgan fingerprint density at radius 3 is 2.64 bits per heavy atom. The van der Waals surface area contributed by atoms with E-state index in [0.29, 0.717) is 24.5 Å². The van der Waals surface area contributed by atoms with Gasteiger partial charge in [-0.3, -0.25) is 9.59 Å². The number of esters is 1. The fourth-order valence-electron chi connectivity index (χ4n) is 5.55. The molecule has 33 heavy (non-hydrogen) atoms. The molecule has 1 amide bonds. The molecule has 6 atom stereocenters. The first-order valence-corrected chi connectivity index (χ1v) is 12.4. The topological polar surface area (TPSA) is 66.8 Å². The van der Waals surface area contributed by atoms with Gasteiger partial charge in [0.05, 0.1) is 5.60 Å². The molecule has 1 radical (unpaired) electrons. The highest BCUT2D eigenvalue weighted by molar-refractivity contribution is 6.31. The SMILES string of the molecule is CCC(=O)N(Cc1ccccc1Cl)CC(C)[C@@H]1CC[C@@H](C)[C@]2(O)[CH][C@@H](OC(C)=O)C(C)=C[C@H]12. The van der Waals surface area contributed by atoms with Gasteiger partial charge in [0.1, 0.15) is 6.10 Å². The van der Waals surface area contributed by atoms with Gasteiger partial charge < -0.3 is 14.7 Å². The van der Waals surface area contributed by atoms with Crippen molar-refractivity contribution < 1.29 is 19.4 Å². The number of ether oxygens (including phenoxy) is 1. The molecule has 0 aliphatic heterocycles. The summed E-state index contributed by atoms with van der Waals surface area (Å²) >= 11 is 6.37. The summed E-state index contributed by atoms with van der Waals surface area (Å²) in [5.41, 5.74) is 0.843. The lowest BCUT2D eigenvalue weighted by atomic mass is 9.57. The van der Waals surface area contributed by atoms with Crippen LogP contribution in [0.15, 0.2) is 35.9 Å². The van der Waals surface area contributed by atoms with Crippen LogP contribution in [0.25, 0.3) is 0 Å². The zero-order valence-corrected chi connectivity index (χ0v) is 21.1. The van der Waals surface area contributed by atoms with E-state index in [9.17, 15) is 14.7 Å². The Morgan fingerprint density at radius 2 is 2.00 bits per heavy atom.